The first-order valence-electron chi connectivity index (χ1n) is 3.55. The number of hydrogen-bond donors (Lipinski definition) is 0. The zero-order valence-corrected chi connectivity index (χ0v) is 6.79. The van der Waals surface area contributed by atoms with E-state index in [2.05, 4.69) is 11.8 Å². The molecule has 0 saturated carbocycles. The molecule has 1 fully saturated rings. The summed E-state index contributed by atoms with van der Waals surface area (Å²) in [5.41, 5.74) is 0. The van der Waals surface area contributed by atoms with Gasteiger partial charge in [-0.3, -0.25) is 9.69 Å². The van der Waals surface area contributed by atoms with Crippen LogP contribution in [-0.4, -0.2) is 48.9 Å². The van der Waals surface area contributed by atoms with Crippen molar-refractivity contribution in [1.82, 2.24) is 9.80 Å². The lowest BCUT2D eigenvalue weighted by atomic mass is 10.2. The van der Waals surface area contributed by atoms with Gasteiger partial charge in [0.05, 0.1) is 6.54 Å². The van der Waals surface area contributed by atoms with E-state index in [9.17, 15) is 4.79 Å². The molecule has 0 spiro atoms. The highest BCUT2D eigenvalue weighted by atomic mass is 16.2. The van der Waals surface area contributed by atoms with Crippen molar-refractivity contribution in [2.24, 2.45) is 0 Å². The number of carbonyl (C=O) groups excluding carboxylic acids is 1. The van der Waals surface area contributed by atoms with E-state index < -0.39 is 0 Å². The van der Waals surface area contributed by atoms with Crippen LogP contribution in [0.2, 0.25) is 0 Å². The van der Waals surface area contributed by atoms with E-state index in [0.717, 1.165) is 6.54 Å². The minimum Gasteiger partial charge on any atom is -0.343 e. The fourth-order valence-corrected chi connectivity index (χ4v) is 1.13. The molecule has 0 aromatic rings. The maximum atomic E-state index is 11.0. The van der Waals surface area contributed by atoms with Gasteiger partial charge in [0.2, 0.25) is 5.91 Å². The average molecular weight is 142 g/mol. The second-order valence-electron chi connectivity index (χ2n) is 3.04. The summed E-state index contributed by atoms with van der Waals surface area (Å²) in [5, 5.41) is 0. The summed E-state index contributed by atoms with van der Waals surface area (Å²) in [4.78, 5) is 14.9. The summed E-state index contributed by atoms with van der Waals surface area (Å²) < 4.78 is 0. The van der Waals surface area contributed by atoms with E-state index in [1.807, 2.05) is 14.1 Å². The van der Waals surface area contributed by atoms with Gasteiger partial charge in [0.25, 0.3) is 0 Å². The van der Waals surface area contributed by atoms with E-state index in [-0.39, 0.29) is 5.91 Å². The molecule has 58 valence electrons. The standard InChI is InChI=1S/C7H14N2O/c1-6-4-9(3)7(10)5-8(6)2/h6H,4-5H2,1-3H3/t6-/m0/s1. The number of carbonyl (C=O) groups is 1. The van der Waals surface area contributed by atoms with Crippen LogP contribution in [0.15, 0.2) is 0 Å². The lowest BCUT2D eigenvalue weighted by Crippen LogP contribution is -2.51. The molecule has 0 aromatic carbocycles. The smallest absolute Gasteiger partial charge is 0.236 e. The topological polar surface area (TPSA) is 23.6 Å². The van der Waals surface area contributed by atoms with Crippen LogP contribution in [0.4, 0.5) is 0 Å². The van der Waals surface area contributed by atoms with Crippen LogP contribution in [0.3, 0.4) is 0 Å². The first kappa shape index (κ1) is 7.54. The highest BCUT2D eigenvalue weighted by Gasteiger charge is 2.23. The number of amides is 1. The van der Waals surface area contributed by atoms with Crippen molar-refractivity contribution >= 4 is 5.91 Å². The molecule has 1 aliphatic heterocycles. The van der Waals surface area contributed by atoms with Crippen LogP contribution < -0.4 is 0 Å². The molecule has 1 aliphatic rings. The fourth-order valence-electron chi connectivity index (χ4n) is 1.13. The first-order chi connectivity index (χ1) is 4.61. The van der Waals surface area contributed by atoms with Crippen molar-refractivity contribution in [3.05, 3.63) is 0 Å². The van der Waals surface area contributed by atoms with Gasteiger partial charge in [-0.15, -0.1) is 0 Å². The highest BCUT2D eigenvalue weighted by molar-refractivity contribution is 5.78. The van der Waals surface area contributed by atoms with Crippen LogP contribution >= 0.6 is 0 Å². The second kappa shape index (κ2) is 2.58. The van der Waals surface area contributed by atoms with E-state index in [1.54, 1.807) is 4.90 Å². The SMILES string of the molecule is C[C@H]1CN(C)C(=O)CN1C. The fraction of sp³-hybridized carbons (Fsp3) is 0.857. The Hall–Kier alpha value is -0.570. The molecule has 3 nitrogen and oxygen atoms in total. The average Bonchev–Trinajstić information content (AvgIpc) is 1.84. The zero-order valence-electron chi connectivity index (χ0n) is 6.79. The number of likely N-dealkylation sites (N-methyl/N-ethyl adjacent to an activating group) is 2. The number of nitrogens with zero attached hydrogens (tertiary/aromatic N) is 2. The van der Waals surface area contributed by atoms with Crippen molar-refractivity contribution in [3.63, 3.8) is 0 Å². The molecule has 0 N–H and O–H groups in total. The molecule has 1 rings (SSSR count). The predicted molar refractivity (Wildman–Crippen MR) is 39.7 cm³/mol. The Morgan fingerprint density at radius 2 is 2.10 bits per heavy atom. The van der Waals surface area contributed by atoms with Gasteiger partial charge in [-0.25, -0.2) is 0 Å². The Kier molecular flexibility index (Phi) is 1.94. The summed E-state index contributed by atoms with van der Waals surface area (Å²) in [7, 11) is 3.83. The summed E-state index contributed by atoms with van der Waals surface area (Å²) in [6.07, 6.45) is 0. The van der Waals surface area contributed by atoms with Crippen LogP contribution in [0, 0.1) is 0 Å². The van der Waals surface area contributed by atoms with Crippen LogP contribution in [0.1, 0.15) is 6.92 Å². The van der Waals surface area contributed by atoms with Gasteiger partial charge in [0, 0.05) is 19.6 Å². The number of rotatable bonds is 0. The lowest BCUT2D eigenvalue weighted by Gasteiger charge is -2.34. The predicted octanol–water partition coefficient (Wildman–Crippen LogP) is -0.221. The van der Waals surface area contributed by atoms with Crippen molar-refractivity contribution in [3.8, 4) is 0 Å². The number of hydrogen-bond acceptors (Lipinski definition) is 2. The summed E-state index contributed by atoms with van der Waals surface area (Å²) in [6, 6.07) is 0.502. The quantitative estimate of drug-likeness (QED) is 0.467. The van der Waals surface area contributed by atoms with Gasteiger partial charge in [0.1, 0.15) is 0 Å². The summed E-state index contributed by atoms with van der Waals surface area (Å²) in [5.74, 6) is 0.223. The molecule has 1 amide bonds. The molecule has 0 bridgehead atoms. The first-order valence-corrected chi connectivity index (χ1v) is 3.55. The molecule has 0 radical (unpaired) electrons. The van der Waals surface area contributed by atoms with Gasteiger partial charge in [-0.1, -0.05) is 0 Å². The largest absolute Gasteiger partial charge is 0.343 e. The third kappa shape index (κ3) is 1.29. The Morgan fingerprint density at radius 1 is 1.50 bits per heavy atom. The Labute approximate surface area is 61.6 Å². The van der Waals surface area contributed by atoms with Gasteiger partial charge < -0.3 is 4.90 Å². The normalized spacial score (nSPS) is 29.3. The van der Waals surface area contributed by atoms with Gasteiger partial charge in [-0.05, 0) is 14.0 Å². The van der Waals surface area contributed by atoms with Gasteiger partial charge >= 0.3 is 0 Å². The molecule has 1 saturated heterocycles. The molecule has 0 aliphatic carbocycles. The zero-order chi connectivity index (χ0) is 7.72. The minimum atomic E-state index is 0.223. The molecular formula is C7H14N2O. The third-order valence-corrected chi connectivity index (χ3v) is 2.10. The minimum absolute atomic E-state index is 0.223. The molecular weight excluding hydrogens is 128 g/mol. The highest BCUT2D eigenvalue weighted by Crippen LogP contribution is 2.04. The van der Waals surface area contributed by atoms with Gasteiger partial charge in [-0.2, -0.15) is 0 Å². The number of piperazine rings is 1. The summed E-state index contributed by atoms with van der Waals surface area (Å²) >= 11 is 0. The molecule has 1 heterocycles. The van der Waals surface area contributed by atoms with E-state index >= 15 is 0 Å². The second-order valence-corrected chi connectivity index (χ2v) is 3.04. The van der Waals surface area contributed by atoms with Crippen molar-refractivity contribution in [2.45, 2.75) is 13.0 Å². The lowest BCUT2D eigenvalue weighted by molar-refractivity contribution is -0.135. The van der Waals surface area contributed by atoms with Crippen LogP contribution in [0.5, 0.6) is 0 Å². The van der Waals surface area contributed by atoms with Crippen LogP contribution in [0.25, 0.3) is 0 Å². The van der Waals surface area contributed by atoms with Crippen molar-refractivity contribution in [2.75, 3.05) is 27.2 Å². The monoisotopic (exact) mass is 142 g/mol. The molecule has 1 atom stereocenters. The van der Waals surface area contributed by atoms with E-state index in [4.69, 9.17) is 0 Å². The molecule has 0 unspecified atom stereocenters. The van der Waals surface area contributed by atoms with Crippen molar-refractivity contribution < 1.29 is 4.79 Å². The summed E-state index contributed by atoms with van der Waals surface area (Å²) in [6.45, 7) is 3.55. The van der Waals surface area contributed by atoms with Crippen LogP contribution in [-0.2, 0) is 4.79 Å². The molecule has 3 heteroatoms. The maximum Gasteiger partial charge on any atom is 0.236 e. The Balaban J connectivity index is 2.54. The third-order valence-electron chi connectivity index (χ3n) is 2.10. The molecule has 0 aromatic heterocycles. The maximum absolute atomic E-state index is 11.0. The Morgan fingerprint density at radius 3 is 2.60 bits per heavy atom. The van der Waals surface area contributed by atoms with Crippen molar-refractivity contribution in [1.29, 1.82) is 0 Å². The molecule has 10 heavy (non-hydrogen) atoms. The van der Waals surface area contributed by atoms with E-state index in [0.29, 0.717) is 12.6 Å². The Bertz CT molecular complexity index is 147. The van der Waals surface area contributed by atoms with Gasteiger partial charge in [0.15, 0.2) is 0 Å². The van der Waals surface area contributed by atoms with E-state index in [1.165, 1.54) is 0 Å².